The van der Waals surface area contributed by atoms with Crippen LogP contribution in [0.3, 0.4) is 0 Å². The van der Waals surface area contributed by atoms with Gasteiger partial charge < -0.3 is 0 Å². The molecule has 0 saturated heterocycles. The van der Waals surface area contributed by atoms with Crippen molar-refractivity contribution in [3.05, 3.63) is 49.1 Å². The zero-order valence-electron chi connectivity index (χ0n) is 9.01. The van der Waals surface area contributed by atoms with Gasteiger partial charge in [-0.25, -0.2) is 0 Å². The van der Waals surface area contributed by atoms with Crippen molar-refractivity contribution in [1.29, 1.82) is 0 Å². The normalized spacial score (nSPS) is 10.1. The number of hydrogen-bond donors (Lipinski definition) is 0. The molecule has 72 valence electrons. The van der Waals surface area contributed by atoms with Gasteiger partial charge in [0.05, 0.1) is 0 Å². The van der Waals surface area contributed by atoms with Crippen molar-refractivity contribution in [2.24, 2.45) is 0 Å². The van der Waals surface area contributed by atoms with Crippen LogP contribution in [0.1, 0.15) is 32.8 Å². The highest BCUT2D eigenvalue weighted by atomic mass is 14.2. The number of hydrogen-bond acceptors (Lipinski definition) is 0. The second kappa shape index (κ2) is 5.58. The van der Waals surface area contributed by atoms with E-state index in [0.717, 1.165) is 0 Å². The summed E-state index contributed by atoms with van der Waals surface area (Å²) in [6.45, 7) is 12.8. The van der Waals surface area contributed by atoms with E-state index >= 15 is 0 Å². The molecule has 0 saturated carbocycles. The Bertz CT molecular complexity index is 221. The Morgan fingerprint density at radius 3 is 1.92 bits per heavy atom. The van der Waals surface area contributed by atoms with Crippen LogP contribution in [0.5, 0.6) is 0 Å². The van der Waals surface area contributed by atoms with E-state index in [1.807, 2.05) is 0 Å². The number of rotatable bonds is 2. The molecule has 0 radical (unpaired) electrons. The fourth-order valence-corrected chi connectivity index (χ4v) is 1.09. The van der Waals surface area contributed by atoms with Gasteiger partial charge in [0.25, 0.3) is 0 Å². The minimum atomic E-state index is 0.335. The van der Waals surface area contributed by atoms with Crippen LogP contribution >= 0.6 is 0 Å². The molecule has 0 heterocycles. The Morgan fingerprint density at radius 1 is 1.08 bits per heavy atom. The average molecular weight is 176 g/mol. The van der Waals surface area contributed by atoms with E-state index < -0.39 is 0 Å². The summed E-state index contributed by atoms with van der Waals surface area (Å²) in [4.78, 5) is 0. The lowest BCUT2D eigenvalue weighted by Gasteiger charge is -2.22. The van der Waals surface area contributed by atoms with Gasteiger partial charge >= 0.3 is 0 Å². The summed E-state index contributed by atoms with van der Waals surface area (Å²) in [5.74, 6) is 0. The van der Waals surface area contributed by atoms with Crippen LogP contribution in [0.2, 0.25) is 0 Å². The molecule has 0 fully saturated rings. The van der Waals surface area contributed by atoms with E-state index in [1.54, 1.807) is 0 Å². The maximum absolute atomic E-state index is 3.00. The molecule has 1 aromatic rings. The Hall–Kier alpha value is -1.04. The molecule has 1 rings (SSSR count). The van der Waals surface area contributed by atoms with Gasteiger partial charge in [-0.2, -0.15) is 0 Å². The van der Waals surface area contributed by atoms with Gasteiger partial charge in [0.2, 0.25) is 0 Å². The molecule has 0 aliphatic heterocycles. The van der Waals surface area contributed by atoms with Gasteiger partial charge in [0, 0.05) is 0 Å². The molecule has 0 aliphatic carbocycles. The third-order valence-electron chi connectivity index (χ3n) is 2.44. The van der Waals surface area contributed by atoms with Crippen LogP contribution in [0.25, 0.3) is 0 Å². The van der Waals surface area contributed by atoms with E-state index in [9.17, 15) is 0 Å². The molecule has 0 spiro atoms. The Labute approximate surface area is 82.3 Å². The minimum Gasteiger partial charge on any atom is -0.106 e. The smallest absolute Gasteiger partial charge is 0.0106 e. The molecule has 1 aromatic carbocycles. The summed E-state index contributed by atoms with van der Waals surface area (Å²) in [7, 11) is 0. The second-order valence-corrected chi connectivity index (χ2v) is 3.60. The van der Waals surface area contributed by atoms with Gasteiger partial charge in [0.15, 0.2) is 0 Å². The summed E-state index contributed by atoms with van der Waals surface area (Å²) >= 11 is 0. The first-order chi connectivity index (χ1) is 6.17. The highest BCUT2D eigenvalue weighted by Gasteiger charge is 2.16. The molecule has 0 N–H and O–H groups in total. The molecule has 0 amide bonds. The third-order valence-corrected chi connectivity index (χ3v) is 2.44. The van der Waals surface area contributed by atoms with E-state index in [0.29, 0.717) is 5.41 Å². The molecule has 0 heteroatoms. The SMILES string of the molecule is C=C.CCC(C)(C)c1ccccc1. The van der Waals surface area contributed by atoms with Gasteiger partial charge in [-0.15, -0.1) is 13.2 Å². The standard InChI is InChI=1S/C11H16.C2H4/c1-4-11(2,3)10-8-6-5-7-9-10;1-2/h5-9H,4H2,1-3H3;1-2H2. The summed E-state index contributed by atoms with van der Waals surface area (Å²) in [5, 5.41) is 0. The lowest BCUT2D eigenvalue weighted by molar-refractivity contribution is 0.506. The van der Waals surface area contributed by atoms with E-state index in [2.05, 4.69) is 64.3 Å². The van der Waals surface area contributed by atoms with Gasteiger partial charge in [-0.1, -0.05) is 51.1 Å². The molecule has 0 unspecified atom stereocenters. The summed E-state index contributed by atoms with van der Waals surface area (Å²) in [5.41, 5.74) is 1.77. The van der Waals surface area contributed by atoms with Crippen LogP contribution in [0, 0.1) is 0 Å². The fourth-order valence-electron chi connectivity index (χ4n) is 1.09. The second-order valence-electron chi connectivity index (χ2n) is 3.60. The van der Waals surface area contributed by atoms with Crippen molar-refractivity contribution in [3.63, 3.8) is 0 Å². The molecule has 0 nitrogen and oxygen atoms in total. The summed E-state index contributed by atoms with van der Waals surface area (Å²) in [6.07, 6.45) is 1.19. The fraction of sp³-hybridized carbons (Fsp3) is 0.385. The predicted octanol–water partition coefficient (Wildman–Crippen LogP) is 4.18. The Morgan fingerprint density at radius 2 is 1.54 bits per heavy atom. The highest BCUT2D eigenvalue weighted by Crippen LogP contribution is 2.25. The summed E-state index contributed by atoms with van der Waals surface area (Å²) in [6, 6.07) is 10.7. The van der Waals surface area contributed by atoms with Crippen LogP contribution < -0.4 is 0 Å². The van der Waals surface area contributed by atoms with Crippen molar-refractivity contribution in [2.75, 3.05) is 0 Å². The molecule has 13 heavy (non-hydrogen) atoms. The first-order valence-corrected chi connectivity index (χ1v) is 4.72. The Balaban J connectivity index is 0.000000671. The minimum absolute atomic E-state index is 0.335. The quantitative estimate of drug-likeness (QED) is 0.593. The van der Waals surface area contributed by atoms with E-state index in [1.165, 1.54) is 12.0 Å². The van der Waals surface area contributed by atoms with Gasteiger partial charge in [-0.05, 0) is 17.4 Å². The average Bonchev–Trinajstić information content (AvgIpc) is 2.22. The molecule has 0 bridgehead atoms. The molecule has 0 atom stereocenters. The maximum Gasteiger partial charge on any atom is -0.0106 e. The van der Waals surface area contributed by atoms with Gasteiger partial charge in [-0.3, -0.25) is 0 Å². The van der Waals surface area contributed by atoms with Gasteiger partial charge in [0.1, 0.15) is 0 Å². The highest BCUT2D eigenvalue weighted by molar-refractivity contribution is 5.22. The molecule has 0 aromatic heterocycles. The van der Waals surface area contributed by atoms with E-state index in [-0.39, 0.29) is 0 Å². The lowest BCUT2D eigenvalue weighted by Crippen LogP contribution is -2.14. The molecular formula is C13H20. The van der Waals surface area contributed by atoms with Crippen molar-refractivity contribution in [3.8, 4) is 0 Å². The monoisotopic (exact) mass is 176 g/mol. The van der Waals surface area contributed by atoms with Crippen LogP contribution in [-0.2, 0) is 5.41 Å². The summed E-state index contributed by atoms with van der Waals surface area (Å²) < 4.78 is 0. The van der Waals surface area contributed by atoms with Crippen molar-refractivity contribution in [1.82, 2.24) is 0 Å². The maximum atomic E-state index is 3.00. The topological polar surface area (TPSA) is 0 Å². The van der Waals surface area contributed by atoms with E-state index in [4.69, 9.17) is 0 Å². The van der Waals surface area contributed by atoms with Crippen LogP contribution in [-0.4, -0.2) is 0 Å². The number of benzene rings is 1. The molecule has 0 aliphatic rings. The van der Waals surface area contributed by atoms with Crippen LogP contribution in [0.4, 0.5) is 0 Å². The third kappa shape index (κ3) is 3.45. The van der Waals surface area contributed by atoms with Crippen molar-refractivity contribution >= 4 is 0 Å². The van der Waals surface area contributed by atoms with Crippen molar-refractivity contribution < 1.29 is 0 Å². The first kappa shape index (κ1) is 12.0. The van der Waals surface area contributed by atoms with Crippen LogP contribution in [0.15, 0.2) is 43.5 Å². The van der Waals surface area contributed by atoms with Crippen molar-refractivity contribution in [2.45, 2.75) is 32.6 Å². The first-order valence-electron chi connectivity index (χ1n) is 4.72. The molecular weight excluding hydrogens is 156 g/mol. The lowest BCUT2D eigenvalue weighted by atomic mass is 9.82. The Kier molecular flexibility index (Phi) is 5.13. The predicted molar refractivity (Wildman–Crippen MR) is 61.0 cm³/mol. The zero-order chi connectivity index (χ0) is 10.3. The largest absolute Gasteiger partial charge is 0.106 e. The zero-order valence-corrected chi connectivity index (χ0v) is 9.01.